The minimum atomic E-state index is -1.04. The number of rotatable bonds is 2. The molecule has 1 aromatic heterocycles. The lowest BCUT2D eigenvalue weighted by Gasteiger charge is -2.38. The minimum Gasteiger partial charge on any atom is -0.477 e. The van der Waals surface area contributed by atoms with Crippen molar-refractivity contribution < 1.29 is 14.7 Å². The highest BCUT2D eigenvalue weighted by Gasteiger charge is 2.48. The molecule has 1 aromatic rings. The summed E-state index contributed by atoms with van der Waals surface area (Å²) in [6, 6.07) is -0.117. The number of thioether (sulfide) groups is 1. The van der Waals surface area contributed by atoms with Crippen molar-refractivity contribution in [1.29, 1.82) is 0 Å². The van der Waals surface area contributed by atoms with E-state index in [4.69, 9.17) is 5.11 Å². The van der Waals surface area contributed by atoms with Gasteiger partial charge in [-0.05, 0) is 12.5 Å². The Labute approximate surface area is 118 Å². The van der Waals surface area contributed by atoms with Crippen LogP contribution in [0, 0.1) is 0 Å². The summed E-state index contributed by atoms with van der Waals surface area (Å²) in [5, 5.41) is 10.0. The largest absolute Gasteiger partial charge is 0.477 e. The van der Waals surface area contributed by atoms with Gasteiger partial charge in [-0.15, -0.1) is 0 Å². The Morgan fingerprint density at radius 2 is 2.40 bits per heavy atom. The topological polar surface area (TPSA) is 75.4 Å². The highest BCUT2D eigenvalue weighted by atomic mass is 32.2. The molecule has 7 heteroatoms. The van der Waals surface area contributed by atoms with E-state index in [1.54, 1.807) is 24.0 Å². The molecular formula is C13H11N3O3S. The van der Waals surface area contributed by atoms with E-state index in [2.05, 4.69) is 9.55 Å². The Hall–Kier alpha value is -2.02. The SMILES string of the molecule is O=C(O)C1=CC[C@@H]2C(=Cc3cnc4n3CCS4)C(=O)N12. The second kappa shape index (κ2) is 3.99. The van der Waals surface area contributed by atoms with Crippen LogP contribution in [-0.2, 0) is 16.1 Å². The lowest BCUT2D eigenvalue weighted by molar-refractivity contribution is -0.142. The molecule has 6 nitrogen and oxygen atoms in total. The molecule has 0 saturated carbocycles. The van der Waals surface area contributed by atoms with Gasteiger partial charge in [0.05, 0.1) is 17.9 Å². The lowest BCUT2D eigenvalue weighted by Crippen LogP contribution is -2.52. The van der Waals surface area contributed by atoms with Crippen molar-refractivity contribution in [3.8, 4) is 0 Å². The summed E-state index contributed by atoms with van der Waals surface area (Å²) < 4.78 is 2.09. The monoisotopic (exact) mass is 289 g/mol. The van der Waals surface area contributed by atoms with Gasteiger partial charge in [-0.25, -0.2) is 9.78 Å². The molecule has 0 unspecified atom stereocenters. The van der Waals surface area contributed by atoms with Gasteiger partial charge in [-0.1, -0.05) is 17.8 Å². The first kappa shape index (κ1) is 11.8. The summed E-state index contributed by atoms with van der Waals surface area (Å²) in [6.07, 6.45) is 5.81. The first-order valence-electron chi connectivity index (χ1n) is 6.34. The first-order valence-corrected chi connectivity index (χ1v) is 7.32. The van der Waals surface area contributed by atoms with Gasteiger partial charge in [0.15, 0.2) is 5.16 Å². The van der Waals surface area contributed by atoms with E-state index in [-0.39, 0.29) is 17.6 Å². The van der Waals surface area contributed by atoms with Gasteiger partial charge in [0, 0.05) is 17.9 Å². The van der Waals surface area contributed by atoms with Crippen LogP contribution < -0.4 is 0 Å². The van der Waals surface area contributed by atoms with Crippen molar-refractivity contribution in [2.24, 2.45) is 0 Å². The molecule has 1 fully saturated rings. The van der Waals surface area contributed by atoms with Crippen LogP contribution in [0.3, 0.4) is 0 Å². The van der Waals surface area contributed by atoms with E-state index in [0.29, 0.717) is 12.0 Å². The van der Waals surface area contributed by atoms with Crippen LogP contribution in [0.1, 0.15) is 12.1 Å². The number of hydrogen-bond acceptors (Lipinski definition) is 4. The highest BCUT2D eigenvalue weighted by molar-refractivity contribution is 7.99. The van der Waals surface area contributed by atoms with Gasteiger partial charge < -0.3 is 9.67 Å². The molecule has 20 heavy (non-hydrogen) atoms. The second-order valence-corrected chi connectivity index (χ2v) is 5.95. The van der Waals surface area contributed by atoms with Gasteiger partial charge in [0.1, 0.15) is 5.70 Å². The van der Waals surface area contributed by atoms with Crippen LogP contribution in [0.25, 0.3) is 6.08 Å². The van der Waals surface area contributed by atoms with Gasteiger partial charge in [0.2, 0.25) is 0 Å². The number of aromatic nitrogens is 2. The van der Waals surface area contributed by atoms with Crippen molar-refractivity contribution in [2.45, 2.75) is 24.2 Å². The van der Waals surface area contributed by atoms with Gasteiger partial charge in [0.25, 0.3) is 5.91 Å². The summed E-state index contributed by atoms with van der Waals surface area (Å²) in [6.45, 7) is 0.903. The van der Waals surface area contributed by atoms with Crippen molar-refractivity contribution in [1.82, 2.24) is 14.5 Å². The van der Waals surface area contributed by atoms with Gasteiger partial charge >= 0.3 is 5.97 Å². The lowest BCUT2D eigenvalue weighted by atomic mass is 9.93. The maximum atomic E-state index is 12.1. The molecule has 3 aliphatic rings. The predicted octanol–water partition coefficient (Wildman–Crippen LogP) is 0.955. The fourth-order valence-corrected chi connectivity index (χ4v) is 3.83. The maximum absolute atomic E-state index is 12.1. The number of aliphatic carboxylic acids is 1. The van der Waals surface area contributed by atoms with Crippen molar-refractivity contribution in [3.63, 3.8) is 0 Å². The average molecular weight is 289 g/mol. The molecule has 1 saturated heterocycles. The molecule has 0 aliphatic carbocycles. The number of hydrogen-bond donors (Lipinski definition) is 1. The number of fused-ring (bicyclic) bond motifs is 2. The first-order chi connectivity index (χ1) is 9.66. The smallest absolute Gasteiger partial charge is 0.352 e. The predicted molar refractivity (Wildman–Crippen MR) is 71.9 cm³/mol. The quantitative estimate of drug-likeness (QED) is 0.648. The van der Waals surface area contributed by atoms with E-state index < -0.39 is 5.97 Å². The molecule has 0 aromatic carbocycles. The third-order valence-corrected chi connectivity index (χ3v) is 4.82. The fraction of sp³-hybridized carbons (Fsp3) is 0.308. The summed E-state index contributed by atoms with van der Waals surface area (Å²) in [5.41, 5.74) is 1.71. The Morgan fingerprint density at radius 1 is 1.55 bits per heavy atom. The molecule has 1 N–H and O–H groups in total. The molecular weight excluding hydrogens is 278 g/mol. The number of β-lactam (4-membered cyclic amide) rings is 1. The number of carboxylic acids is 1. The van der Waals surface area contributed by atoms with E-state index in [1.165, 1.54) is 4.90 Å². The Balaban J connectivity index is 1.64. The normalized spacial score (nSPS) is 25.5. The summed E-state index contributed by atoms with van der Waals surface area (Å²) >= 11 is 1.71. The van der Waals surface area contributed by atoms with E-state index in [1.807, 2.05) is 6.08 Å². The minimum absolute atomic E-state index is 0.103. The van der Waals surface area contributed by atoms with E-state index in [9.17, 15) is 9.59 Å². The molecule has 0 bridgehead atoms. The highest BCUT2D eigenvalue weighted by Crippen LogP contribution is 2.39. The average Bonchev–Trinajstić information content (AvgIpc) is 3.09. The molecule has 1 amide bonds. The van der Waals surface area contributed by atoms with Crippen LogP contribution in [0.4, 0.5) is 0 Å². The fourth-order valence-electron chi connectivity index (χ4n) is 2.89. The number of nitrogens with zero attached hydrogens (tertiary/aromatic N) is 3. The summed E-state index contributed by atoms with van der Waals surface area (Å²) in [4.78, 5) is 28.8. The van der Waals surface area contributed by atoms with Crippen LogP contribution in [0.15, 0.2) is 28.7 Å². The zero-order chi connectivity index (χ0) is 13.9. The van der Waals surface area contributed by atoms with Crippen LogP contribution >= 0.6 is 11.8 Å². The van der Waals surface area contributed by atoms with Crippen LogP contribution in [0.5, 0.6) is 0 Å². The summed E-state index contributed by atoms with van der Waals surface area (Å²) in [5.74, 6) is -0.239. The number of carbonyl (C=O) groups is 2. The molecule has 3 aliphatic heterocycles. The maximum Gasteiger partial charge on any atom is 0.352 e. The molecule has 0 radical (unpaired) electrons. The molecule has 4 rings (SSSR count). The zero-order valence-electron chi connectivity index (χ0n) is 10.4. The van der Waals surface area contributed by atoms with Gasteiger partial charge in [-0.3, -0.25) is 9.69 Å². The van der Waals surface area contributed by atoms with Crippen molar-refractivity contribution in [3.05, 3.63) is 29.2 Å². The molecule has 0 spiro atoms. The Bertz CT molecular complexity index is 704. The molecule has 102 valence electrons. The van der Waals surface area contributed by atoms with Crippen LogP contribution in [0.2, 0.25) is 0 Å². The van der Waals surface area contributed by atoms with Gasteiger partial charge in [-0.2, -0.15) is 0 Å². The second-order valence-electron chi connectivity index (χ2n) is 4.89. The Kier molecular flexibility index (Phi) is 2.35. The number of amides is 1. The third kappa shape index (κ3) is 1.44. The zero-order valence-corrected chi connectivity index (χ0v) is 11.3. The van der Waals surface area contributed by atoms with Crippen molar-refractivity contribution >= 4 is 29.7 Å². The molecule has 1 atom stereocenters. The molecule has 4 heterocycles. The van der Waals surface area contributed by atoms with E-state index in [0.717, 1.165) is 23.1 Å². The Morgan fingerprint density at radius 3 is 3.20 bits per heavy atom. The van der Waals surface area contributed by atoms with Crippen molar-refractivity contribution in [2.75, 3.05) is 5.75 Å². The summed E-state index contributed by atoms with van der Waals surface area (Å²) in [7, 11) is 0. The van der Waals surface area contributed by atoms with E-state index >= 15 is 0 Å². The van der Waals surface area contributed by atoms with Crippen LogP contribution in [-0.4, -0.2) is 43.2 Å². The number of carbonyl (C=O) groups excluding carboxylic acids is 1. The number of imidazole rings is 1. The number of carboxylic acid groups (broad SMARTS) is 1. The standard InChI is InChI=1S/C13H11N3O3S/c17-11-8(9-1-2-10(12(18)19)16(9)11)5-7-6-14-13-15(7)3-4-20-13/h2,5-6,9H,1,3-4H2,(H,18,19)/t9-/m1/s1. The third-order valence-electron chi connectivity index (χ3n) is 3.85.